The van der Waals surface area contributed by atoms with Crippen molar-refractivity contribution < 1.29 is 18.8 Å². The van der Waals surface area contributed by atoms with E-state index < -0.39 is 0 Å². The molecule has 1 amide bonds. The fourth-order valence-corrected chi connectivity index (χ4v) is 4.08. The van der Waals surface area contributed by atoms with Gasteiger partial charge in [0.25, 0.3) is 0 Å². The maximum absolute atomic E-state index is 12.7. The molecule has 174 valence electrons. The number of aromatic nitrogens is 2. The summed E-state index contributed by atoms with van der Waals surface area (Å²) in [5.41, 5.74) is 1.80. The van der Waals surface area contributed by atoms with E-state index >= 15 is 0 Å². The minimum Gasteiger partial charge on any atom is -0.493 e. The molecule has 1 aromatic heterocycles. The lowest BCUT2D eigenvalue weighted by atomic mass is 9.97. The molecule has 4 rings (SSSR count). The Labute approximate surface area is 197 Å². The van der Waals surface area contributed by atoms with E-state index in [1.807, 2.05) is 42.5 Å². The second-order valence-electron chi connectivity index (χ2n) is 8.00. The maximum atomic E-state index is 12.7. The molecule has 1 aliphatic heterocycles. The van der Waals surface area contributed by atoms with E-state index in [1.54, 1.807) is 14.2 Å². The molecule has 8 nitrogen and oxygen atoms in total. The molecule has 9 heteroatoms. The molecule has 0 aliphatic carbocycles. The molecule has 1 saturated heterocycles. The van der Waals surface area contributed by atoms with Gasteiger partial charge in [-0.15, -0.1) is 0 Å². The van der Waals surface area contributed by atoms with Gasteiger partial charge in [0.05, 0.1) is 26.7 Å². The number of nitrogens with zero attached hydrogens (tertiary/aromatic N) is 3. The number of piperidine rings is 1. The predicted octanol–water partition coefficient (Wildman–Crippen LogP) is 3.94. The summed E-state index contributed by atoms with van der Waals surface area (Å²) in [6, 6.07) is 13.0. The molecule has 0 unspecified atom stereocenters. The summed E-state index contributed by atoms with van der Waals surface area (Å²) >= 11 is 5.92. The van der Waals surface area contributed by atoms with Gasteiger partial charge in [0.2, 0.25) is 17.6 Å². The Bertz CT molecular complexity index is 1090. The van der Waals surface area contributed by atoms with E-state index in [-0.39, 0.29) is 11.8 Å². The van der Waals surface area contributed by atoms with Crippen molar-refractivity contribution in [3.05, 3.63) is 58.9 Å². The summed E-state index contributed by atoms with van der Waals surface area (Å²) in [5.74, 6) is 2.23. The lowest BCUT2D eigenvalue weighted by Gasteiger charge is -2.30. The van der Waals surface area contributed by atoms with Crippen LogP contribution in [-0.4, -0.2) is 48.3 Å². The summed E-state index contributed by atoms with van der Waals surface area (Å²) < 4.78 is 16.1. The highest BCUT2D eigenvalue weighted by molar-refractivity contribution is 6.30. The van der Waals surface area contributed by atoms with Crippen LogP contribution in [0.5, 0.6) is 11.5 Å². The fourth-order valence-electron chi connectivity index (χ4n) is 3.95. The average molecular weight is 471 g/mol. The Morgan fingerprint density at radius 1 is 1.18 bits per heavy atom. The van der Waals surface area contributed by atoms with Crippen LogP contribution in [0.25, 0.3) is 11.4 Å². The van der Waals surface area contributed by atoms with Gasteiger partial charge in [-0.1, -0.05) is 28.9 Å². The summed E-state index contributed by atoms with van der Waals surface area (Å²) in [7, 11) is 3.18. The van der Waals surface area contributed by atoms with Crippen molar-refractivity contribution in [2.24, 2.45) is 5.92 Å². The Morgan fingerprint density at radius 3 is 2.73 bits per heavy atom. The van der Waals surface area contributed by atoms with Gasteiger partial charge in [-0.3, -0.25) is 9.69 Å². The largest absolute Gasteiger partial charge is 0.493 e. The molecular weight excluding hydrogens is 444 g/mol. The molecule has 0 spiro atoms. The summed E-state index contributed by atoms with van der Waals surface area (Å²) in [6.07, 6.45) is 1.80. The van der Waals surface area contributed by atoms with E-state index in [4.69, 9.17) is 25.6 Å². The van der Waals surface area contributed by atoms with Crippen LogP contribution >= 0.6 is 11.6 Å². The van der Waals surface area contributed by atoms with Crippen LogP contribution in [0.4, 0.5) is 0 Å². The topological polar surface area (TPSA) is 89.7 Å². The summed E-state index contributed by atoms with van der Waals surface area (Å²) in [6.45, 7) is 2.53. The molecule has 3 aromatic rings. The highest BCUT2D eigenvalue weighted by Crippen LogP contribution is 2.31. The first-order chi connectivity index (χ1) is 16.1. The molecule has 1 fully saturated rings. The number of ether oxygens (including phenoxy) is 2. The van der Waals surface area contributed by atoms with E-state index in [0.717, 1.165) is 30.5 Å². The van der Waals surface area contributed by atoms with E-state index in [9.17, 15) is 4.79 Å². The van der Waals surface area contributed by atoms with Crippen molar-refractivity contribution in [3.8, 4) is 22.9 Å². The number of hydrogen-bond donors (Lipinski definition) is 1. The number of halogens is 1. The number of methoxy groups -OCH3 is 2. The molecule has 0 radical (unpaired) electrons. The first-order valence-corrected chi connectivity index (χ1v) is 11.2. The second-order valence-corrected chi connectivity index (χ2v) is 8.44. The van der Waals surface area contributed by atoms with Crippen LogP contribution in [0.15, 0.2) is 47.0 Å². The third kappa shape index (κ3) is 5.83. The number of likely N-dealkylation sites (tertiary alicyclic amines) is 1. The smallest absolute Gasteiger partial charge is 0.241 e. The van der Waals surface area contributed by atoms with E-state index in [0.29, 0.717) is 47.9 Å². The number of carbonyl (C=O) groups is 1. The van der Waals surface area contributed by atoms with Gasteiger partial charge in [-0.05, 0) is 55.3 Å². The van der Waals surface area contributed by atoms with Crippen molar-refractivity contribution in [3.63, 3.8) is 0 Å². The van der Waals surface area contributed by atoms with E-state index in [1.165, 1.54) is 0 Å². The standard InChI is InChI=1S/C24H27ClN4O4/c1-31-20-10-7-17(12-21(20)32-2)23-27-22(33-28-23)15-29-11-3-4-18(14-29)24(30)26-13-16-5-8-19(25)9-6-16/h5-10,12,18H,3-4,11,13-15H2,1-2H3,(H,26,30)/t18-/m0/s1. The highest BCUT2D eigenvalue weighted by atomic mass is 35.5. The quantitative estimate of drug-likeness (QED) is 0.533. The third-order valence-electron chi connectivity index (χ3n) is 5.72. The van der Waals surface area contributed by atoms with Crippen molar-refractivity contribution >= 4 is 17.5 Å². The Balaban J connectivity index is 1.33. The normalized spacial score (nSPS) is 16.4. The number of benzene rings is 2. The molecule has 2 heterocycles. The van der Waals surface area contributed by atoms with Crippen LogP contribution < -0.4 is 14.8 Å². The first kappa shape index (κ1) is 23.1. The van der Waals surface area contributed by atoms with Gasteiger partial charge < -0.3 is 19.3 Å². The molecule has 0 bridgehead atoms. The average Bonchev–Trinajstić information content (AvgIpc) is 3.31. The Hall–Kier alpha value is -3.10. The van der Waals surface area contributed by atoms with Crippen LogP contribution in [0.2, 0.25) is 5.02 Å². The van der Waals surface area contributed by atoms with E-state index in [2.05, 4.69) is 20.4 Å². The summed E-state index contributed by atoms with van der Waals surface area (Å²) in [5, 5.41) is 7.83. The van der Waals surface area contributed by atoms with Crippen molar-refractivity contribution in [2.75, 3.05) is 27.3 Å². The van der Waals surface area contributed by atoms with Crippen LogP contribution in [0, 0.1) is 5.92 Å². The summed E-state index contributed by atoms with van der Waals surface area (Å²) in [4.78, 5) is 19.4. The Morgan fingerprint density at radius 2 is 1.97 bits per heavy atom. The number of nitrogens with one attached hydrogen (secondary N) is 1. The lowest BCUT2D eigenvalue weighted by molar-refractivity contribution is -0.127. The van der Waals surface area contributed by atoms with Gasteiger partial charge in [0.15, 0.2) is 11.5 Å². The number of hydrogen-bond acceptors (Lipinski definition) is 7. The van der Waals surface area contributed by atoms with Crippen LogP contribution in [-0.2, 0) is 17.9 Å². The first-order valence-electron chi connectivity index (χ1n) is 10.8. The Kier molecular flexibility index (Phi) is 7.47. The lowest BCUT2D eigenvalue weighted by Crippen LogP contribution is -2.42. The van der Waals surface area contributed by atoms with Crippen molar-refractivity contribution in [1.29, 1.82) is 0 Å². The molecule has 1 aliphatic rings. The monoisotopic (exact) mass is 470 g/mol. The molecule has 33 heavy (non-hydrogen) atoms. The maximum Gasteiger partial charge on any atom is 0.241 e. The number of amides is 1. The van der Waals surface area contributed by atoms with Crippen LogP contribution in [0.3, 0.4) is 0 Å². The highest BCUT2D eigenvalue weighted by Gasteiger charge is 2.27. The fraction of sp³-hybridized carbons (Fsp3) is 0.375. The predicted molar refractivity (Wildman–Crippen MR) is 124 cm³/mol. The number of rotatable bonds is 8. The minimum absolute atomic E-state index is 0.0613. The van der Waals surface area contributed by atoms with Gasteiger partial charge in [-0.2, -0.15) is 4.98 Å². The molecular formula is C24H27ClN4O4. The molecule has 1 atom stereocenters. The SMILES string of the molecule is COc1ccc(-c2noc(CN3CCC[C@H](C(=O)NCc4ccc(Cl)cc4)C3)n2)cc1OC. The molecule has 1 N–H and O–H groups in total. The molecule has 2 aromatic carbocycles. The molecule has 0 saturated carbocycles. The minimum atomic E-state index is -0.0701. The zero-order chi connectivity index (χ0) is 23.2. The van der Waals surface area contributed by atoms with Crippen LogP contribution in [0.1, 0.15) is 24.3 Å². The van der Waals surface area contributed by atoms with Gasteiger partial charge in [0.1, 0.15) is 0 Å². The van der Waals surface area contributed by atoms with Crippen molar-refractivity contribution in [1.82, 2.24) is 20.4 Å². The zero-order valence-corrected chi connectivity index (χ0v) is 19.5. The third-order valence-corrected chi connectivity index (χ3v) is 5.98. The van der Waals surface area contributed by atoms with Gasteiger partial charge in [-0.25, -0.2) is 0 Å². The van der Waals surface area contributed by atoms with Gasteiger partial charge >= 0.3 is 0 Å². The number of carbonyl (C=O) groups excluding carboxylic acids is 1. The second kappa shape index (κ2) is 10.7. The van der Waals surface area contributed by atoms with Gasteiger partial charge in [0, 0.05) is 23.7 Å². The zero-order valence-electron chi connectivity index (χ0n) is 18.7. The van der Waals surface area contributed by atoms with Crippen molar-refractivity contribution in [2.45, 2.75) is 25.9 Å².